The molecule has 0 radical (unpaired) electrons. The average Bonchev–Trinajstić information content (AvgIpc) is 3.13. The van der Waals surface area contributed by atoms with Crippen LogP contribution in [0.4, 0.5) is 0 Å². The second kappa shape index (κ2) is 12.6. The molecule has 11 atom stereocenters. The third-order valence-corrected chi connectivity index (χ3v) is 8.21. The molecule has 0 aliphatic carbocycles. The predicted molar refractivity (Wildman–Crippen MR) is 121 cm³/mol. The minimum atomic E-state index is -5.43. The molecule has 0 spiro atoms. The lowest BCUT2D eigenvalue weighted by molar-refractivity contribution is -0.225. The summed E-state index contributed by atoms with van der Waals surface area (Å²) in [6.07, 6.45) is -13.9. The van der Waals surface area contributed by atoms with Crippen LogP contribution in [-0.2, 0) is 32.0 Å². The van der Waals surface area contributed by atoms with E-state index in [9.17, 15) is 54.0 Å². The first-order valence-corrected chi connectivity index (χ1v) is 13.8. The standard InChI is InChI=1S/C16H25N5O16P2/c17-20-18-3-6-10(23)13(26)11(24)7(35-6)4-33-38(29,30)37-39(31,32)34-5-8-12(25)14(27)15(36-8)21-2-1-9(22)19-16(21)28/h1-2,6-8,10-15,23-27H,3-5H2,(H,29,30)(H,31,32)(H,19,22,28)/t6?,7?,8-,10?,11+,12?,13?,14?,15-/m1/s1. The molecule has 2 aliphatic heterocycles. The zero-order valence-corrected chi connectivity index (χ0v) is 21.2. The van der Waals surface area contributed by atoms with Crippen molar-refractivity contribution in [3.8, 4) is 0 Å². The minimum Gasteiger partial charge on any atom is -0.388 e. The number of hydrogen-bond donors (Lipinski definition) is 8. The van der Waals surface area contributed by atoms with Gasteiger partial charge in [-0.1, -0.05) is 5.11 Å². The quantitative estimate of drug-likeness (QED) is 0.0526. The van der Waals surface area contributed by atoms with Crippen molar-refractivity contribution in [2.75, 3.05) is 19.8 Å². The van der Waals surface area contributed by atoms with Crippen molar-refractivity contribution in [2.45, 2.75) is 55.1 Å². The lowest BCUT2D eigenvalue weighted by atomic mass is 9.95. The van der Waals surface area contributed by atoms with E-state index < -0.39 is 102 Å². The molecule has 39 heavy (non-hydrogen) atoms. The molecule has 1 aromatic rings. The molecule has 21 nitrogen and oxygen atoms in total. The number of aromatic amines is 1. The van der Waals surface area contributed by atoms with Crippen LogP contribution in [0.3, 0.4) is 0 Å². The number of nitrogens with one attached hydrogen (secondary N) is 1. The van der Waals surface area contributed by atoms with Crippen molar-refractivity contribution in [3.05, 3.63) is 43.5 Å². The van der Waals surface area contributed by atoms with Gasteiger partial charge in [-0.15, -0.1) is 0 Å². The van der Waals surface area contributed by atoms with Gasteiger partial charge < -0.3 is 44.8 Å². The Morgan fingerprint density at radius 2 is 1.46 bits per heavy atom. The van der Waals surface area contributed by atoms with Crippen molar-refractivity contribution >= 4 is 15.6 Å². The van der Waals surface area contributed by atoms with Gasteiger partial charge in [0.15, 0.2) is 6.23 Å². The largest absolute Gasteiger partial charge is 0.481 e. The Hall–Kier alpha value is -2.03. The highest BCUT2D eigenvalue weighted by Crippen LogP contribution is 2.60. The van der Waals surface area contributed by atoms with Crippen LogP contribution in [0.2, 0.25) is 0 Å². The van der Waals surface area contributed by atoms with Crippen LogP contribution >= 0.6 is 15.6 Å². The van der Waals surface area contributed by atoms with Crippen LogP contribution < -0.4 is 11.2 Å². The highest BCUT2D eigenvalue weighted by atomic mass is 31.3. The van der Waals surface area contributed by atoms with Gasteiger partial charge in [0.05, 0.1) is 25.9 Å². The number of aromatic nitrogens is 2. The van der Waals surface area contributed by atoms with Crippen molar-refractivity contribution in [1.29, 1.82) is 0 Å². The Morgan fingerprint density at radius 3 is 2.03 bits per heavy atom. The summed E-state index contributed by atoms with van der Waals surface area (Å²) < 4.78 is 48.8. The third-order valence-electron chi connectivity index (χ3n) is 5.61. The van der Waals surface area contributed by atoms with Crippen LogP contribution in [0.25, 0.3) is 10.4 Å². The van der Waals surface area contributed by atoms with Crippen LogP contribution in [0.5, 0.6) is 0 Å². The maximum absolute atomic E-state index is 12.2. The molecule has 0 amide bonds. The van der Waals surface area contributed by atoms with Gasteiger partial charge in [-0.3, -0.25) is 23.4 Å². The number of hydrogen-bond acceptors (Lipinski definition) is 15. The molecule has 2 fully saturated rings. The zero-order chi connectivity index (χ0) is 29.1. The number of H-pyrrole nitrogens is 1. The fraction of sp³-hybridized carbons (Fsp3) is 0.750. The molecule has 8 unspecified atom stereocenters. The van der Waals surface area contributed by atoms with E-state index in [1.54, 1.807) is 0 Å². The summed E-state index contributed by atoms with van der Waals surface area (Å²) in [6, 6.07) is 0.933. The molecule has 220 valence electrons. The SMILES string of the molecule is [N-]=[N+]=NCC1OC(COP(=O)(O)OP(=O)(O)OC[C@H]2O[C@@H](n3ccc(=O)[nH]c3=O)C(O)C2O)[C@H](O)C(O)C1O. The van der Waals surface area contributed by atoms with Crippen LogP contribution in [0.1, 0.15) is 6.23 Å². The number of phosphoric ester groups is 2. The summed E-state index contributed by atoms with van der Waals surface area (Å²) in [5.74, 6) is 0. The fourth-order valence-corrected chi connectivity index (χ4v) is 5.76. The number of phosphoric acid groups is 2. The molecule has 2 aliphatic rings. The van der Waals surface area contributed by atoms with Gasteiger partial charge in [0.25, 0.3) is 5.56 Å². The van der Waals surface area contributed by atoms with Gasteiger partial charge in [0.2, 0.25) is 0 Å². The van der Waals surface area contributed by atoms with Crippen molar-refractivity contribution in [2.24, 2.45) is 5.11 Å². The summed E-state index contributed by atoms with van der Waals surface area (Å²) in [6.45, 7) is -2.50. The summed E-state index contributed by atoms with van der Waals surface area (Å²) in [5.41, 5.74) is 6.65. The van der Waals surface area contributed by atoms with E-state index in [0.29, 0.717) is 0 Å². The number of aliphatic hydroxyl groups is 5. The molecule has 3 rings (SSSR count). The van der Waals surface area contributed by atoms with E-state index in [-0.39, 0.29) is 0 Å². The third kappa shape index (κ3) is 7.80. The van der Waals surface area contributed by atoms with Crippen molar-refractivity contribution in [3.63, 3.8) is 0 Å². The van der Waals surface area contributed by atoms with Gasteiger partial charge in [-0.05, 0) is 5.53 Å². The Labute approximate surface area is 216 Å². The Morgan fingerprint density at radius 1 is 0.923 bits per heavy atom. The molecule has 1 aromatic heterocycles. The minimum absolute atomic E-state index is 0.480. The van der Waals surface area contributed by atoms with E-state index in [1.807, 2.05) is 4.98 Å². The normalized spacial score (nSPS) is 36.0. The molecule has 0 bridgehead atoms. The van der Waals surface area contributed by atoms with E-state index >= 15 is 0 Å². The predicted octanol–water partition coefficient (Wildman–Crippen LogP) is -3.43. The zero-order valence-electron chi connectivity index (χ0n) is 19.5. The van der Waals surface area contributed by atoms with Crippen molar-refractivity contribution < 1.29 is 67.3 Å². The maximum Gasteiger partial charge on any atom is 0.481 e. The monoisotopic (exact) mass is 605 g/mol. The van der Waals surface area contributed by atoms with Gasteiger partial charge in [0.1, 0.15) is 42.7 Å². The second-order valence-corrected chi connectivity index (χ2v) is 11.3. The first-order valence-electron chi connectivity index (χ1n) is 10.9. The molecular weight excluding hydrogens is 580 g/mol. The Bertz CT molecular complexity index is 1270. The van der Waals surface area contributed by atoms with E-state index in [4.69, 9.17) is 15.0 Å². The Kier molecular flexibility index (Phi) is 10.2. The summed E-state index contributed by atoms with van der Waals surface area (Å²) >= 11 is 0. The first kappa shape index (κ1) is 31.5. The molecular formula is C16H25N5O16P2. The Balaban J connectivity index is 1.57. The molecule has 2 saturated heterocycles. The second-order valence-electron chi connectivity index (χ2n) is 8.27. The molecule has 0 saturated carbocycles. The fourth-order valence-electron chi connectivity index (χ4n) is 3.67. The van der Waals surface area contributed by atoms with Crippen LogP contribution in [-0.4, -0.2) is 113 Å². The van der Waals surface area contributed by atoms with Gasteiger partial charge in [-0.2, -0.15) is 4.31 Å². The summed E-state index contributed by atoms with van der Waals surface area (Å²) in [5, 5.41) is 53.3. The molecule has 0 aromatic carbocycles. The lowest BCUT2D eigenvalue weighted by Crippen LogP contribution is -2.59. The maximum atomic E-state index is 12.2. The van der Waals surface area contributed by atoms with Crippen LogP contribution in [0.15, 0.2) is 27.0 Å². The smallest absolute Gasteiger partial charge is 0.388 e. The van der Waals surface area contributed by atoms with E-state index in [0.717, 1.165) is 16.8 Å². The van der Waals surface area contributed by atoms with Gasteiger partial charge in [-0.25, -0.2) is 13.9 Å². The average molecular weight is 605 g/mol. The molecule has 23 heteroatoms. The summed E-state index contributed by atoms with van der Waals surface area (Å²) in [4.78, 5) is 47.1. The number of ether oxygens (including phenoxy) is 2. The summed E-state index contributed by atoms with van der Waals surface area (Å²) in [7, 11) is -10.9. The highest BCUT2D eigenvalue weighted by molar-refractivity contribution is 7.61. The first-order chi connectivity index (χ1) is 18.2. The van der Waals surface area contributed by atoms with Gasteiger partial charge in [0, 0.05) is 17.2 Å². The molecule has 3 heterocycles. The van der Waals surface area contributed by atoms with E-state index in [1.165, 1.54) is 0 Å². The molecule has 8 N–H and O–H groups in total. The van der Waals surface area contributed by atoms with Gasteiger partial charge >= 0.3 is 21.3 Å². The number of nitrogens with zero attached hydrogens (tertiary/aromatic N) is 4. The highest BCUT2D eigenvalue weighted by Gasteiger charge is 2.47. The van der Waals surface area contributed by atoms with Crippen molar-refractivity contribution in [1.82, 2.24) is 9.55 Å². The number of rotatable bonds is 11. The van der Waals surface area contributed by atoms with E-state index in [2.05, 4.69) is 23.4 Å². The lowest BCUT2D eigenvalue weighted by Gasteiger charge is -2.40. The van der Waals surface area contributed by atoms with Crippen LogP contribution in [0, 0.1) is 0 Å². The number of aliphatic hydroxyl groups excluding tert-OH is 5. The topological polar surface area (TPSA) is 326 Å². The number of azide groups is 1.